The highest BCUT2D eigenvalue weighted by Crippen LogP contribution is 2.30. The maximum absolute atomic E-state index is 12.3. The second-order valence-electron chi connectivity index (χ2n) is 3.78. The molecule has 0 saturated carbocycles. The molecule has 0 aliphatic rings. The van der Waals surface area contributed by atoms with Gasteiger partial charge in [-0.15, -0.1) is 0 Å². The van der Waals surface area contributed by atoms with Gasteiger partial charge in [0, 0.05) is 11.2 Å². The molecule has 0 aliphatic heterocycles. The highest BCUT2D eigenvalue weighted by Gasteiger charge is 2.29. The summed E-state index contributed by atoms with van der Waals surface area (Å²) >= 11 is 5.78. The maximum atomic E-state index is 12.3. The number of hydrogen-bond acceptors (Lipinski definition) is 2. The highest BCUT2D eigenvalue weighted by molar-refractivity contribution is 6.30. The Labute approximate surface area is 112 Å². The van der Waals surface area contributed by atoms with Crippen LogP contribution in [0.1, 0.15) is 11.3 Å². The molecule has 0 fully saturated rings. The number of alkyl halides is 3. The minimum absolute atomic E-state index is 0.145. The standard InChI is InChI=1S/C13H9ClF3NO/c14-10-5-6-18-11(7-10)8-19-12-3-1-9(2-4-12)13(15,16)17/h1-7H,8H2. The monoisotopic (exact) mass is 287 g/mol. The van der Waals surface area contributed by atoms with Crippen molar-refractivity contribution in [1.82, 2.24) is 4.98 Å². The summed E-state index contributed by atoms with van der Waals surface area (Å²) < 4.78 is 42.4. The van der Waals surface area contributed by atoms with Crippen LogP contribution in [0, 0.1) is 0 Å². The fourth-order valence-electron chi connectivity index (χ4n) is 1.43. The summed E-state index contributed by atoms with van der Waals surface area (Å²) in [5, 5.41) is 0.529. The molecule has 2 aromatic rings. The van der Waals surface area contributed by atoms with Gasteiger partial charge >= 0.3 is 6.18 Å². The van der Waals surface area contributed by atoms with Gasteiger partial charge in [-0.25, -0.2) is 0 Å². The lowest BCUT2D eigenvalue weighted by molar-refractivity contribution is -0.137. The zero-order chi connectivity index (χ0) is 13.9. The van der Waals surface area contributed by atoms with Gasteiger partial charge in [-0.05, 0) is 36.4 Å². The van der Waals surface area contributed by atoms with Crippen LogP contribution < -0.4 is 4.74 Å². The first-order valence-electron chi connectivity index (χ1n) is 5.35. The van der Waals surface area contributed by atoms with E-state index in [9.17, 15) is 13.2 Å². The Morgan fingerprint density at radius 1 is 1.11 bits per heavy atom. The summed E-state index contributed by atoms with van der Waals surface area (Å²) in [7, 11) is 0. The largest absolute Gasteiger partial charge is 0.487 e. The normalized spacial score (nSPS) is 11.4. The van der Waals surface area contributed by atoms with Gasteiger partial charge in [-0.3, -0.25) is 4.98 Å². The molecule has 6 heteroatoms. The van der Waals surface area contributed by atoms with Gasteiger partial charge < -0.3 is 4.74 Å². The third-order valence-electron chi connectivity index (χ3n) is 2.35. The lowest BCUT2D eigenvalue weighted by Crippen LogP contribution is -2.04. The van der Waals surface area contributed by atoms with Gasteiger partial charge in [0.25, 0.3) is 0 Å². The van der Waals surface area contributed by atoms with E-state index in [1.165, 1.54) is 18.3 Å². The molecule has 2 nitrogen and oxygen atoms in total. The number of hydrogen-bond donors (Lipinski definition) is 0. The van der Waals surface area contributed by atoms with Crippen molar-refractivity contribution in [3.8, 4) is 5.75 Å². The lowest BCUT2D eigenvalue weighted by Gasteiger charge is -2.09. The van der Waals surface area contributed by atoms with E-state index < -0.39 is 11.7 Å². The summed E-state index contributed by atoms with van der Waals surface area (Å²) in [5.41, 5.74) is -0.104. The van der Waals surface area contributed by atoms with Crippen LogP contribution in [0.25, 0.3) is 0 Å². The Hall–Kier alpha value is -1.75. The Morgan fingerprint density at radius 2 is 1.79 bits per heavy atom. The summed E-state index contributed by atoms with van der Waals surface area (Å²) in [4.78, 5) is 4.02. The van der Waals surface area contributed by atoms with Crippen molar-refractivity contribution in [1.29, 1.82) is 0 Å². The molecule has 0 atom stereocenters. The molecule has 0 saturated heterocycles. The van der Waals surface area contributed by atoms with Crippen LogP contribution in [-0.2, 0) is 12.8 Å². The van der Waals surface area contributed by atoms with Crippen molar-refractivity contribution in [3.05, 3.63) is 58.9 Å². The van der Waals surface area contributed by atoms with E-state index in [0.717, 1.165) is 12.1 Å². The average Bonchev–Trinajstić information content (AvgIpc) is 2.36. The van der Waals surface area contributed by atoms with Gasteiger partial charge in [0.05, 0.1) is 11.3 Å². The van der Waals surface area contributed by atoms with Crippen LogP contribution in [0.15, 0.2) is 42.6 Å². The molecule has 0 unspecified atom stereocenters. The second kappa shape index (κ2) is 5.48. The first-order valence-corrected chi connectivity index (χ1v) is 5.73. The predicted octanol–water partition coefficient (Wildman–Crippen LogP) is 4.33. The van der Waals surface area contributed by atoms with Crippen molar-refractivity contribution in [2.75, 3.05) is 0 Å². The lowest BCUT2D eigenvalue weighted by atomic mass is 10.2. The number of aromatic nitrogens is 1. The summed E-state index contributed by atoms with van der Waals surface area (Å²) in [6.45, 7) is 0.145. The summed E-state index contributed by atoms with van der Waals surface area (Å²) in [6, 6.07) is 7.75. The van der Waals surface area contributed by atoms with E-state index in [4.69, 9.17) is 16.3 Å². The SMILES string of the molecule is FC(F)(F)c1ccc(OCc2cc(Cl)ccn2)cc1. The minimum atomic E-state index is -4.34. The molecular formula is C13H9ClF3NO. The molecular weight excluding hydrogens is 279 g/mol. The predicted molar refractivity (Wildman–Crippen MR) is 65.0 cm³/mol. The van der Waals surface area contributed by atoms with E-state index in [2.05, 4.69) is 4.98 Å². The van der Waals surface area contributed by atoms with Crippen molar-refractivity contribution >= 4 is 11.6 Å². The maximum Gasteiger partial charge on any atom is 0.416 e. The number of halogens is 4. The van der Waals surface area contributed by atoms with E-state index in [1.54, 1.807) is 12.1 Å². The van der Waals surface area contributed by atoms with Gasteiger partial charge in [0.15, 0.2) is 0 Å². The summed E-state index contributed by atoms with van der Waals surface area (Å²) in [6.07, 6.45) is -2.80. The number of ether oxygens (including phenoxy) is 1. The van der Waals surface area contributed by atoms with E-state index in [-0.39, 0.29) is 6.61 Å². The Morgan fingerprint density at radius 3 is 2.37 bits per heavy atom. The molecule has 19 heavy (non-hydrogen) atoms. The molecule has 0 N–H and O–H groups in total. The van der Waals surface area contributed by atoms with Crippen LogP contribution in [0.3, 0.4) is 0 Å². The minimum Gasteiger partial charge on any atom is -0.487 e. The van der Waals surface area contributed by atoms with E-state index >= 15 is 0 Å². The first-order chi connectivity index (χ1) is 8.95. The van der Waals surface area contributed by atoms with Crippen LogP contribution >= 0.6 is 11.6 Å². The quantitative estimate of drug-likeness (QED) is 0.838. The van der Waals surface area contributed by atoms with Crippen molar-refractivity contribution in [2.45, 2.75) is 12.8 Å². The Balaban J connectivity index is 2.01. The summed E-state index contributed by atoms with van der Waals surface area (Å²) in [5.74, 6) is 0.342. The van der Waals surface area contributed by atoms with Crippen molar-refractivity contribution < 1.29 is 17.9 Å². The molecule has 2 rings (SSSR count). The first kappa shape index (κ1) is 13.7. The van der Waals surface area contributed by atoms with Crippen LogP contribution in [0.5, 0.6) is 5.75 Å². The fourth-order valence-corrected chi connectivity index (χ4v) is 1.61. The molecule has 0 aliphatic carbocycles. The van der Waals surface area contributed by atoms with Gasteiger partial charge in [-0.1, -0.05) is 11.6 Å². The van der Waals surface area contributed by atoms with Crippen LogP contribution in [0.2, 0.25) is 5.02 Å². The second-order valence-corrected chi connectivity index (χ2v) is 4.21. The third-order valence-corrected chi connectivity index (χ3v) is 2.58. The van der Waals surface area contributed by atoms with Crippen LogP contribution in [-0.4, -0.2) is 4.98 Å². The molecule has 0 bridgehead atoms. The van der Waals surface area contributed by atoms with Gasteiger partial charge in [-0.2, -0.15) is 13.2 Å². The average molecular weight is 288 g/mol. The zero-order valence-corrected chi connectivity index (χ0v) is 10.4. The topological polar surface area (TPSA) is 22.1 Å². The number of benzene rings is 1. The van der Waals surface area contributed by atoms with Crippen LogP contribution in [0.4, 0.5) is 13.2 Å². The number of rotatable bonds is 3. The zero-order valence-electron chi connectivity index (χ0n) is 9.62. The molecule has 0 spiro atoms. The highest BCUT2D eigenvalue weighted by atomic mass is 35.5. The number of pyridine rings is 1. The molecule has 100 valence electrons. The van der Waals surface area contributed by atoms with Gasteiger partial charge in [0.1, 0.15) is 12.4 Å². The fraction of sp³-hybridized carbons (Fsp3) is 0.154. The van der Waals surface area contributed by atoms with Crippen molar-refractivity contribution in [2.24, 2.45) is 0 Å². The van der Waals surface area contributed by atoms with E-state index in [1.807, 2.05) is 0 Å². The van der Waals surface area contributed by atoms with Crippen molar-refractivity contribution in [3.63, 3.8) is 0 Å². The number of nitrogens with zero attached hydrogens (tertiary/aromatic N) is 1. The molecule has 1 heterocycles. The Bertz CT molecular complexity index is 555. The molecule has 1 aromatic carbocycles. The van der Waals surface area contributed by atoms with E-state index in [0.29, 0.717) is 16.5 Å². The molecule has 0 radical (unpaired) electrons. The molecule has 1 aromatic heterocycles. The smallest absolute Gasteiger partial charge is 0.416 e. The third kappa shape index (κ3) is 3.86. The Kier molecular flexibility index (Phi) is 3.95. The molecule has 0 amide bonds. The van der Waals surface area contributed by atoms with Gasteiger partial charge in [0.2, 0.25) is 0 Å².